The Hall–Kier alpha value is -4.63. The first kappa shape index (κ1) is 31.3. The summed E-state index contributed by atoms with van der Waals surface area (Å²) in [5.74, 6) is -0.305. The third-order valence-corrected chi connectivity index (χ3v) is 8.85. The minimum atomic E-state index is -4.18. The van der Waals surface area contributed by atoms with Crippen LogP contribution >= 0.6 is 0 Å². The number of benzene rings is 4. The van der Waals surface area contributed by atoms with Crippen LogP contribution in [0.4, 0.5) is 5.69 Å². The number of nitrogens with one attached hydrogen (secondary N) is 1. The molecule has 4 aromatic rings. The van der Waals surface area contributed by atoms with Crippen molar-refractivity contribution in [2.24, 2.45) is 0 Å². The number of hydrogen-bond acceptors (Lipinski definition) is 5. The van der Waals surface area contributed by atoms with Gasteiger partial charge in [0.2, 0.25) is 11.8 Å². The average Bonchev–Trinajstić information content (AvgIpc) is 3.03. The van der Waals surface area contributed by atoms with Crippen LogP contribution in [0.1, 0.15) is 23.6 Å². The van der Waals surface area contributed by atoms with E-state index in [2.05, 4.69) is 5.32 Å². The molecule has 0 aliphatic carbocycles. The highest BCUT2D eigenvalue weighted by Crippen LogP contribution is 2.26. The molecule has 4 aromatic carbocycles. The van der Waals surface area contributed by atoms with E-state index in [1.807, 2.05) is 74.5 Å². The molecule has 9 heteroatoms. The highest BCUT2D eigenvalue weighted by Gasteiger charge is 2.34. The van der Waals surface area contributed by atoms with Crippen LogP contribution in [0.25, 0.3) is 0 Å². The van der Waals surface area contributed by atoms with E-state index in [0.717, 1.165) is 21.0 Å². The number of carbonyl (C=O) groups excluding carboxylic acids is 2. The van der Waals surface area contributed by atoms with E-state index in [4.69, 9.17) is 4.74 Å². The number of sulfonamides is 1. The molecule has 1 atom stereocenters. The molecule has 0 aliphatic rings. The van der Waals surface area contributed by atoms with Crippen LogP contribution in [0.15, 0.2) is 114 Å². The number of likely N-dealkylation sites (N-methyl/N-ethyl adjacent to an activating group) is 1. The molecule has 0 fully saturated rings. The van der Waals surface area contributed by atoms with Crippen LogP contribution in [-0.2, 0) is 32.6 Å². The molecule has 0 unspecified atom stereocenters. The van der Waals surface area contributed by atoms with Crippen molar-refractivity contribution in [3.63, 3.8) is 0 Å². The molecule has 0 bridgehead atoms. The highest BCUT2D eigenvalue weighted by atomic mass is 32.2. The fourth-order valence-electron chi connectivity index (χ4n) is 4.74. The molecule has 1 N–H and O–H groups in total. The predicted molar refractivity (Wildman–Crippen MR) is 168 cm³/mol. The van der Waals surface area contributed by atoms with Gasteiger partial charge in [0.1, 0.15) is 18.3 Å². The monoisotopic (exact) mass is 599 g/mol. The van der Waals surface area contributed by atoms with Crippen molar-refractivity contribution in [2.45, 2.75) is 37.8 Å². The smallest absolute Gasteiger partial charge is 0.264 e. The Morgan fingerprint density at radius 3 is 1.95 bits per heavy atom. The van der Waals surface area contributed by atoms with Gasteiger partial charge < -0.3 is 15.0 Å². The van der Waals surface area contributed by atoms with Gasteiger partial charge in [0.15, 0.2) is 0 Å². The molecule has 224 valence electrons. The van der Waals surface area contributed by atoms with Crippen molar-refractivity contribution in [1.82, 2.24) is 10.2 Å². The van der Waals surface area contributed by atoms with Crippen molar-refractivity contribution < 1.29 is 22.7 Å². The van der Waals surface area contributed by atoms with Crippen molar-refractivity contribution in [3.05, 3.63) is 126 Å². The number of rotatable bonds is 13. The van der Waals surface area contributed by atoms with Gasteiger partial charge in [-0.25, -0.2) is 8.42 Å². The normalized spacial score (nSPS) is 11.8. The maximum atomic E-state index is 14.3. The van der Waals surface area contributed by atoms with Gasteiger partial charge in [-0.3, -0.25) is 13.9 Å². The number of nitrogens with zero attached hydrogens (tertiary/aromatic N) is 2. The zero-order chi connectivity index (χ0) is 30.8. The fraction of sp³-hybridized carbons (Fsp3) is 0.235. The molecule has 0 aromatic heterocycles. The molecule has 0 aliphatic heterocycles. The molecule has 43 heavy (non-hydrogen) atoms. The van der Waals surface area contributed by atoms with Crippen LogP contribution < -0.4 is 14.4 Å². The lowest BCUT2D eigenvalue weighted by Gasteiger charge is -2.33. The van der Waals surface area contributed by atoms with E-state index in [0.29, 0.717) is 18.0 Å². The Morgan fingerprint density at radius 1 is 0.814 bits per heavy atom. The Balaban J connectivity index is 1.77. The molecule has 4 rings (SSSR count). The van der Waals surface area contributed by atoms with Gasteiger partial charge in [0.05, 0.1) is 17.7 Å². The van der Waals surface area contributed by atoms with Crippen LogP contribution in [0, 0.1) is 6.92 Å². The Kier molecular flexibility index (Phi) is 10.6. The first-order valence-electron chi connectivity index (χ1n) is 14.1. The van der Waals surface area contributed by atoms with Gasteiger partial charge in [-0.1, -0.05) is 78.4 Å². The Morgan fingerprint density at radius 2 is 1.40 bits per heavy atom. The number of aryl methyl sites for hydroxylation is 1. The second kappa shape index (κ2) is 14.5. The lowest BCUT2D eigenvalue weighted by Crippen LogP contribution is -2.53. The number of hydrogen-bond donors (Lipinski definition) is 1. The van der Waals surface area contributed by atoms with Crippen molar-refractivity contribution in [2.75, 3.05) is 24.5 Å². The first-order valence-corrected chi connectivity index (χ1v) is 15.6. The fourth-order valence-corrected chi connectivity index (χ4v) is 6.15. The van der Waals surface area contributed by atoms with Crippen LogP contribution in [-0.4, -0.2) is 51.4 Å². The molecule has 0 radical (unpaired) electrons. The molecular formula is C34H37N3O5S. The quantitative estimate of drug-likeness (QED) is 0.234. The lowest BCUT2D eigenvalue weighted by molar-refractivity contribution is -0.140. The number of ether oxygens (including phenoxy) is 1. The third-order valence-electron chi connectivity index (χ3n) is 7.07. The maximum Gasteiger partial charge on any atom is 0.264 e. The summed E-state index contributed by atoms with van der Waals surface area (Å²) in [6.45, 7) is 3.73. The van der Waals surface area contributed by atoms with E-state index in [1.54, 1.807) is 36.4 Å². The minimum absolute atomic E-state index is 0.0147. The summed E-state index contributed by atoms with van der Waals surface area (Å²) in [5, 5.41) is 2.87. The van der Waals surface area contributed by atoms with Crippen molar-refractivity contribution in [1.29, 1.82) is 0 Å². The summed E-state index contributed by atoms with van der Waals surface area (Å²) in [6.07, 6.45) is 0.265. The van der Waals surface area contributed by atoms with Crippen LogP contribution in [0.2, 0.25) is 0 Å². The number of amides is 2. The van der Waals surface area contributed by atoms with Gasteiger partial charge in [-0.2, -0.15) is 0 Å². The summed E-state index contributed by atoms with van der Waals surface area (Å²) in [5.41, 5.74) is 2.98. The van der Waals surface area contributed by atoms with Crippen molar-refractivity contribution >= 4 is 27.5 Å². The number of anilines is 1. The second-order valence-electron chi connectivity index (χ2n) is 10.1. The molecule has 0 saturated carbocycles. The highest BCUT2D eigenvalue weighted by molar-refractivity contribution is 7.92. The molecule has 8 nitrogen and oxygen atoms in total. The van der Waals surface area contributed by atoms with Gasteiger partial charge >= 0.3 is 0 Å². The van der Waals surface area contributed by atoms with Crippen LogP contribution in [0.3, 0.4) is 0 Å². The average molecular weight is 600 g/mol. The number of carbonyl (C=O) groups is 2. The topological polar surface area (TPSA) is 96.0 Å². The molecule has 0 heterocycles. The van der Waals surface area contributed by atoms with Gasteiger partial charge in [0.25, 0.3) is 10.0 Å². The van der Waals surface area contributed by atoms with Crippen molar-refractivity contribution in [3.8, 4) is 5.75 Å². The molecular weight excluding hydrogens is 562 g/mol. The van der Waals surface area contributed by atoms with E-state index in [9.17, 15) is 18.0 Å². The zero-order valence-corrected chi connectivity index (χ0v) is 25.5. The van der Waals surface area contributed by atoms with E-state index >= 15 is 0 Å². The number of methoxy groups -OCH3 is 1. The zero-order valence-electron chi connectivity index (χ0n) is 24.6. The SMILES string of the molecule is CCNC(=O)[C@H](Cc1ccccc1)N(Cc1ccccc1)C(=O)CN(c1ccc(C)cc1)S(=O)(=O)c1ccc(OC)cc1. The summed E-state index contributed by atoms with van der Waals surface area (Å²) in [7, 11) is -2.68. The largest absolute Gasteiger partial charge is 0.497 e. The predicted octanol–water partition coefficient (Wildman–Crippen LogP) is 4.98. The van der Waals surface area contributed by atoms with E-state index in [-0.39, 0.29) is 23.8 Å². The second-order valence-corrected chi connectivity index (χ2v) is 12.0. The molecule has 2 amide bonds. The standard InChI is InChI=1S/C34H37N3O5S/c1-4-35-34(39)32(23-27-11-7-5-8-12-27)36(24-28-13-9-6-10-14-28)33(38)25-37(29-17-15-26(2)16-18-29)43(40,41)31-21-19-30(42-3)20-22-31/h5-22,32H,4,23-25H2,1-3H3,(H,35,39)/t32-/m0/s1. The lowest BCUT2D eigenvalue weighted by atomic mass is 10.0. The van der Waals surface area contributed by atoms with Gasteiger partial charge in [-0.15, -0.1) is 0 Å². The Labute approximate surface area is 254 Å². The summed E-state index contributed by atoms with van der Waals surface area (Å²) in [6, 6.07) is 30.9. The minimum Gasteiger partial charge on any atom is -0.497 e. The summed E-state index contributed by atoms with van der Waals surface area (Å²) >= 11 is 0. The Bertz CT molecular complexity index is 1590. The summed E-state index contributed by atoms with van der Waals surface area (Å²) in [4.78, 5) is 29.3. The first-order chi connectivity index (χ1) is 20.7. The maximum absolute atomic E-state index is 14.3. The third kappa shape index (κ3) is 8.02. The van der Waals surface area contributed by atoms with E-state index in [1.165, 1.54) is 24.1 Å². The molecule has 0 spiro atoms. The summed E-state index contributed by atoms with van der Waals surface area (Å²) < 4.78 is 34.4. The van der Waals surface area contributed by atoms with E-state index < -0.39 is 28.5 Å². The molecule has 0 saturated heterocycles. The van der Waals surface area contributed by atoms with Gasteiger partial charge in [-0.05, 0) is 61.4 Å². The van der Waals surface area contributed by atoms with Crippen LogP contribution in [0.5, 0.6) is 5.75 Å². The van der Waals surface area contributed by atoms with Gasteiger partial charge in [0, 0.05) is 19.5 Å².